The fourth-order valence-corrected chi connectivity index (χ4v) is 1.03. The normalized spacial score (nSPS) is 9.80. The summed E-state index contributed by atoms with van der Waals surface area (Å²) in [5, 5.41) is 9.14. The molecular weight excluding hydrogens is 194 g/mol. The highest BCUT2D eigenvalue weighted by Gasteiger charge is 2.02. The van der Waals surface area contributed by atoms with Gasteiger partial charge in [-0.25, -0.2) is 0 Å². The van der Waals surface area contributed by atoms with Gasteiger partial charge in [-0.15, -0.1) is 0 Å². The Hall–Kier alpha value is -0.700. The molecule has 0 amide bonds. The van der Waals surface area contributed by atoms with Crippen molar-refractivity contribution in [2.75, 3.05) is 5.73 Å². The lowest BCUT2D eigenvalue weighted by Gasteiger charge is -2.03. The van der Waals surface area contributed by atoms with Crippen LogP contribution < -0.4 is 5.73 Å². The van der Waals surface area contributed by atoms with Crippen LogP contribution in [0.4, 0.5) is 5.69 Å². The van der Waals surface area contributed by atoms with Gasteiger partial charge in [0, 0.05) is 15.7 Å². The van der Waals surface area contributed by atoms with Crippen LogP contribution in [0, 0.1) is 6.92 Å². The minimum absolute atomic E-state index is 0.265. The average molecular weight is 202 g/mol. The molecule has 0 aliphatic carbocycles. The number of rotatable bonds is 0. The molecule has 0 spiro atoms. The topological polar surface area (TPSA) is 46.2 Å². The Bertz CT molecular complexity index is 233. The highest BCUT2D eigenvalue weighted by atomic mass is 79.9. The molecule has 2 nitrogen and oxygen atoms in total. The van der Waals surface area contributed by atoms with E-state index in [1.807, 2.05) is 0 Å². The first kappa shape index (κ1) is 7.41. The highest BCUT2D eigenvalue weighted by Crippen LogP contribution is 2.29. The maximum atomic E-state index is 9.14. The number of nitrogens with two attached hydrogens (primary N) is 1. The van der Waals surface area contributed by atoms with Gasteiger partial charge in [-0.2, -0.15) is 0 Å². The van der Waals surface area contributed by atoms with Gasteiger partial charge in [-0.05, 0) is 35.0 Å². The van der Waals surface area contributed by atoms with Crippen LogP contribution in [0.15, 0.2) is 16.6 Å². The number of aromatic hydroxyl groups is 1. The molecule has 3 N–H and O–H groups in total. The zero-order chi connectivity index (χ0) is 7.72. The van der Waals surface area contributed by atoms with Crippen LogP contribution in [0.5, 0.6) is 5.75 Å². The van der Waals surface area contributed by atoms with Crippen LogP contribution in [0.2, 0.25) is 0 Å². The van der Waals surface area contributed by atoms with E-state index in [9.17, 15) is 0 Å². The van der Waals surface area contributed by atoms with Crippen molar-refractivity contribution < 1.29 is 5.11 Å². The number of halogens is 1. The molecule has 0 radical (unpaired) electrons. The van der Waals surface area contributed by atoms with Gasteiger partial charge >= 0.3 is 0 Å². The van der Waals surface area contributed by atoms with Crippen molar-refractivity contribution in [3.63, 3.8) is 0 Å². The Kier molecular flexibility index (Phi) is 1.85. The fraction of sp³-hybridized carbons (Fsp3) is 0.143. The van der Waals surface area contributed by atoms with E-state index in [4.69, 9.17) is 10.8 Å². The van der Waals surface area contributed by atoms with Crippen molar-refractivity contribution in [1.29, 1.82) is 0 Å². The molecule has 0 saturated carbocycles. The van der Waals surface area contributed by atoms with Crippen LogP contribution in [0.3, 0.4) is 0 Å². The molecule has 3 heteroatoms. The minimum Gasteiger partial charge on any atom is -0.508 e. The van der Waals surface area contributed by atoms with Crippen molar-refractivity contribution >= 4 is 21.6 Å². The van der Waals surface area contributed by atoms with Crippen LogP contribution in [-0.2, 0) is 0 Å². The Morgan fingerprint density at radius 2 is 2.10 bits per heavy atom. The van der Waals surface area contributed by atoms with Gasteiger partial charge in [0.25, 0.3) is 0 Å². The Morgan fingerprint density at radius 1 is 1.50 bits per heavy atom. The van der Waals surface area contributed by atoms with E-state index in [1.165, 1.54) is 0 Å². The number of hydrogen-bond donors (Lipinski definition) is 2. The molecule has 0 fully saturated rings. The number of hydrogen-bond acceptors (Lipinski definition) is 2. The predicted octanol–water partition coefficient (Wildman–Crippen LogP) is 2.05. The molecule has 0 aromatic heterocycles. The minimum atomic E-state index is 0.265. The lowest BCUT2D eigenvalue weighted by Crippen LogP contribution is -1.88. The zero-order valence-corrected chi connectivity index (χ0v) is 7.14. The van der Waals surface area contributed by atoms with Crippen molar-refractivity contribution in [1.82, 2.24) is 0 Å². The summed E-state index contributed by atoms with van der Waals surface area (Å²) >= 11 is 3.24. The summed E-state index contributed by atoms with van der Waals surface area (Å²) < 4.78 is 0.771. The lowest BCUT2D eigenvalue weighted by molar-refractivity contribution is 0.471. The third-order valence-electron chi connectivity index (χ3n) is 1.39. The van der Waals surface area contributed by atoms with Gasteiger partial charge in [0.15, 0.2) is 0 Å². The summed E-state index contributed by atoms with van der Waals surface area (Å²) in [7, 11) is 0. The SMILES string of the molecule is Cc1c(O)ccc(N)c1Br. The largest absolute Gasteiger partial charge is 0.508 e. The molecule has 1 rings (SSSR count). The molecule has 10 heavy (non-hydrogen) atoms. The first-order valence-electron chi connectivity index (χ1n) is 2.86. The van der Waals surface area contributed by atoms with Crippen molar-refractivity contribution in [3.05, 3.63) is 22.2 Å². The van der Waals surface area contributed by atoms with Gasteiger partial charge in [-0.1, -0.05) is 0 Å². The molecule has 1 aromatic carbocycles. The number of nitrogen functional groups attached to an aromatic ring is 1. The second kappa shape index (κ2) is 2.50. The number of benzene rings is 1. The van der Waals surface area contributed by atoms with E-state index < -0.39 is 0 Å². The summed E-state index contributed by atoms with van der Waals surface area (Å²) in [4.78, 5) is 0. The van der Waals surface area contributed by atoms with E-state index in [0.29, 0.717) is 5.69 Å². The Morgan fingerprint density at radius 3 is 2.60 bits per heavy atom. The Balaban J connectivity index is 3.34. The molecule has 0 aliphatic rings. The second-order valence-electron chi connectivity index (χ2n) is 2.11. The lowest BCUT2D eigenvalue weighted by atomic mass is 10.2. The van der Waals surface area contributed by atoms with Gasteiger partial charge in [-0.3, -0.25) is 0 Å². The Labute approximate surface area is 67.8 Å². The molecule has 54 valence electrons. The van der Waals surface area contributed by atoms with Crippen LogP contribution >= 0.6 is 15.9 Å². The van der Waals surface area contributed by atoms with Crippen molar-refractivity contribution in [3.8, 4) is 5.75 Å². The molecule has 0 saturated heterocycles. The van der Waals surface area contributed by atoms with E-state index in [2.05, 4.69) is 15.9 Å². The summed E-state index contributed by atoms with van der Waals surface area (Å²) in [6.45, 7) is 1.80. The van der Waals surface area contributed by atoms with Crippen molar-refractivity contribution in [2.45, 2.75) is 6.92 Å². The molecule has 0 unspecified atom stereocenters. The van der Waals surface area contributed by atoms with Crippen LogP contribution in [0.25, 0.3) is 0 Å². The summed E-state index contributed by atoms with van der Waals surface area (Å²) in [5.41, 5.74) is 6.96. The molecule has 1 aromatic rings. The number of anilines is 1. The summed E-state index contributed by atoms with van der Waals surface area (Å²) in [6.07, 6.45) is 0. The van der Waals surface area contributed by atoms with E-state index >= 15 is 0 Å². The first-order valence-corrected chi connectivity index (χ1v) is 3.65. The van der Waals surface area contributed by atoms with E-state index in [1.54, 1.807) is 19.1 Å². The summed E-state index contributed by atoms with van der Waals surface area (Å²) in [6, 6.07) is 3.24. The highest BCUT2D eigenvalue weighted by molar-refractivity contribution is 9.10. The summed E-state index contributed by atoms with van der Waals surface area (Å²) in [5.74, 6) is 0.265. The maximum Gasteiger partial charge on any atom is 0.119 e. The third kappa shape index (κ3) is 1.09. The molecule has 0 aliphatic heterocycles. The van der Waals surface area contributed by atoms with Gasteiger partial charge < -0.3 is 10.8 Å². The maximum absolute atomic E-state index is 9.14. The van der Waals surface area contributed by atoms with E-state index in [0.717, 1.165) is 10.0 Å². The predicted molar refractivity (Wildman–Crippen MR) is 45.0 cm³/mol. The molecule has 0 bridgehead atoms. The first-order chi connectivity index (χ1) is 4.63. The molecule has 0 atom stereocenters. The average Bonchev–Trinajstić information content (AvgIpc) is 1.93. The molecule has 0 heterocycles. The van der Waals surface area contributed by atoms with Gasteiger partial charge in [0.1, 0.15) is 5.75 Å². The standard InChI is InChI=1S/C7H8BrNO/c1-4-6(10)3-2-5(9)7(4)8/h2-3,10H,9H2,1H3. The second-order valence-corrected chi connectivity index (χ2v) is 2.91. The van der Waals surface area contributed by atoms with Gasteiger partial charge in [0.05, 0.1) is 0 Å². The monoisotopic (exact) mass is 201 g/mol. The van der Waals surface area contributed by atoms with Crippen LogP contribution in [-0.4, -0.2) is 5.11 Å². The number of phenolic OH excluding ortho intramolecular Hbond substituents is 1. The molecular formula is C7H8BrNO. The smallest absolute Gasteiger partial charge is 0.119 e. The zero-order valence-electron chi connectivity index (χ0n) is 5.56. The van der Waals surface area contributed by atoms with E-state index in [-0.39, 0.29) is 5.75 Å². The third-order valence-corrected chi connectivity index (χ3v) is 2.44. The number of phenols is 1. The van der Waals surface area contributed by atoms with Gasteiger partial charge in [0.2, 0.25) is 0 Å². The quantitative estimate of drug-likeness (QED) is 0.499. The fourth-order valence-electron chi connectivity index (χ4n) is 0.696. The van der Waals surface area contributed by atoms with Crippen molar-refractivity contribution in [2.24, 2.45) is 0 Å². The van der Waals surface area contributed by atoms with Crippen LogP contribution in [0.1, 0.15) is 5.56 Å².